The third-order valence-corrected chi connectivity index (χ3v) is 2.03. The van der Waals surface area contributed by atoms with Gasteiger partial charge in [-0.25, -0.2) is 9.97 Å². The van der Waals surface area contributed by atoms with Gasteiger partial charge in [-0.15, -0.1) is 0 Å². The number of nitrogens with zero attached hydrogens (tertiary/aromatic N) is 5. The Morgan fingerprint density at radius 2 is 2.24 bits per heavy atom. The van der Waals surface area contributed by atoms with E-state index in [-0.39, 0.29) is 5.69 Å². The Hall–Kier alpha value is -2.42. The molecule has 17 heavy (non-hydrogen) atoms. The van der Waals surface area contributed by atoms with E-state index in [0.29, 0.717) is 11.6 Å². The van der Waals surface area contributed by atoms with Crippen LogP contribution in [0.3, 0.4) is 0 Å². The highest BCUT2D eigenvalue weighted by molar-refractivity contribution is 5.22. The summed E-state index contributed by atoms with van der Waals surface area (Å²) in [5, 5.41) is 12.7. The first-order valence-corrected chi connectivity index (χ1v) is 5.24. The van der Waals surface area contributed by atoms with Crippen LogP contribution in [0.1, 0.15) is 19.0 Å². The molecular formula is C11H11N5O. The van der Waals surface area contributed by atoms with Crippen LogP contribution in [-0.4, -0.2) is 19.7 Å². The molecule has 0 saturated heterocycles. The maximum atomic E-state index is 8.57. The third-order valence-electron chi connectivity index (χ3n) is 2.03. The zero-order valence-electron chi connectivity index (χ0n) is 9.37. The third kappa shape index (κ3) is 2.78. The lowest BCUT2D eigenvalue weighted by Gasteiger charge is -2.00. The Morgan fingerprint density at radius 3 is 2.88 bits per heavy atom. The van der Waals surface area contributed by atoms with E-state index in [9.17, 15) is 0 Å². The summed E-state index contributed by atoms with van der Waals surface area (Å²) in [7, 11) is 0. The number of hydrogen-bond acceptors (Lipinski definition) is 5. The Labute approximate surface area is 98.5 Å². The number of rotatable bonds is 4. The summed E-state index contributed by atoms with van der Waals surface area (Å²) in [6.07, 6.45) is 7.21. The van der Waals surface area contributed by atoms with Crippen molar-refractivity contribution < 1.29 is 4.74 Å². The van der Waals surface area contributed by atoms with Crippen LogP contribution >= 0.6 is 0 Å². The largest absolute Gasteiger partial charge is 0.434 e. The van der Waals surface area contributed by atoms with E-state index in [1.54, 1.807) is 17.1 Å². The highest BCUT2D eigenvalue weighted by Gasteiger charge is 2.02. The SMILES string of the molecule is CCCn1cc(Oc2cnc(C#N)cn2)cn1. The summed E-state index contributed by atoms with van der Waals surface area (Å²) in [5.74, 6) is 0.956. The number of hydrogen-bond donors (Lipinski definition) is 0. The van der Waals surface area contributed by atoms with Crippen molar-refractivity contribution in [1.82, 2.24) is 19.7 Å². The van der Waals surface area contributed by atoms with Gasteiger partial charge < -0.3 is 4.74 Å². The summed E-state index contributed by atoms with van der Waals surface area (Å²) in [4.78, 5) is 7.82. The lowest BCUT2D eigenvalue weighted by molar-refractivity contribution is 0.458. The molecule has 0 aliphatic rings. The molecule has 0 spiro atoms. The zero-order chi connectivity index (χ0) is 12.1. The predicted octanol–water partition coefficient (Wildman–Crippen LogP) is 1.75. The van der Waals surface area contributed by atoms with Crippen LogP contribution in [0.4, 0.5) is 0 Å². The van der Waals surface area contributed by atoms with Gasteiger partial charge in [0.2, 0.25) is 5.88 Å². The molecule has 0 unspecified atom stereocenters. The molecule has 0 atom stereocenters. The van der Waals surface area contributed by atoms with Gasteiger partial charge in [0.15, 0.2) is 11.4 Å². The van der Waals surface area contributed by atoms with E-state index in [4.69, 9.17) is 10.00 Å². The maximum Gasteiger partial charge on any atom is 0.238 e. The summed E-state index contributed by atoms with van der Waals surface area (Å²) in [6.45, 7) is 2.93. The van der Waals surface area contributed by atoms with E-state index >= 15 is 0 Å². The molecule has 6 nitrogen and oxygen atoms in total. The monoisotopic (exact) mass is 229 g/mol. The molecule has 0 aliphatic heterocycles. The van der Waals surface area contributed by atoms with Gasteiger partial charge in [-0.3, -0.25) is 4.68 Å². The van der Waals surface area contributed by atoms with Crippen molar-refractivity contribution in [3.8, 4) is 17.7 Å². The van der Waals surface area contributed by atoms with E-state index < -0.39 is 0 Å². The molecule has 2 rings (SSSR count). The first-order valence-electron chi connectivity index (χ1n) is 5.24. The minimum Gasteiger partial charge on any atom is -0.434 e. The molecular weight excluding hydrogens is 218 g/mol. The Morgan fingerprint density at radius 1 is 1.35 bits per heavy atom. The van der Waals surface area contributed by atoms with Gasteiger partial charge in [-0.05, 0) is 6.42 Å². The van der Waals surface area contributed by atoms with Crippen molar-refractivity contribution in [1.29, 1.82) is 5.26 Å². The lowest BCUT2D eigenvalue weighted by atomic mass is 10.5. The highest BCUT2D eigenvalue weighted by atomic mass is 16.5. The minimum absolute atomic E-state index is 0.263. The van der Waals surface area contributed by atoms with E-state index in [2.05, 4.69) is 22.0 Å². The first-order chi connectivity index (χ1) is 8.31. The van der Waals surface area contributed by atoms with Crippen molar-refractivity contribution >= 4 is 0 Å². The summed E-state index contributed by atoms with van der Waals surface area (Å²) >= 11 is 0. The quantitative estimate of drug-likeness (QED) is 0.798. The normalized spacial score (nSPS) is 9.88. The average Bonchev–Trinajstić information content (AvgIpc) is 2.78. The molecule has 0 N–H and O–H groups in total. The van der Waals surface area contributed by atoms with Crippen LogP contribution in [0.15, 0.2) is 24.8 Å². The standard InChI is InChI=1S/C11H11N5O/c1-2-3-16-8-10(6-15-16)17-11-7-13-9(4-12)5-14-11/h5-8H,2-3H2,1H3. The van der Waals surface area contributed by atoms with Crippen LogP contribution in [-0.2, 0) is 6.54 Å². The predicted molar refractivity (Wildman–Crippen MR) is 59.3 cm³/mol. The van der Waals surface area contributed by atoms with Crippen molar-refractivity contribution in [2.45, 2.75) is 19.9 Å². The zero-order valence-corrected chi connectivity index (χ0v) is 9.37. The van der Waals surface area contributed by atoms with Crippen LogP contribution in [0, 0.1) is 11.3 Å². The van der Waals surface area contributed by atoms with Gasteiger partial charge in [0.25, 0.3) is 0 Å². The molecule has 6 heteroatoms. The molecule has 0 saturated carbocycles. The Balaban J connectivity index is 2.06. The van der Waals surface area contributed by atoms with Crippen LogP contribution in [0.25, 0.3) is 0 Å². The summed E-state index contributed by atoms with van der Waals surface area (Å²) < 4.78 is 7.24. The van der Waals surface area contributed by atoms with Gasteiger partial charge in [0, 0.05) is 6.54 Å². The van der Waals surface area contributed by atoms with Crippen LogP contribution < -0.4 is 4.74 Å². The summed E-state index contributed by atoms with van der Waals surface area (Å²) in [6, 6.07) is 1.89. The molecule has 0 radical (unpaired) electrons. The van der Waals surface area contributed by atoms with Crippen LogP contribution in [0.2, 0.25) is 0 Å². The fourth-order valence-corrected chi connectivity index (χ4v) is 1.30. The molecule has 0 fully saturated rings. The minimum atomic E-state index is 0.263. The second kappa shape index (κ2) is 5.07. The van der Waals surface area contributed by atoms with Gasteiger partial charge in [0.1, 0.15) is 6.07 Å². The lowest BCUT2D eigenvalue weighted by Crippen LogP contribution is -1.95. The van der Waals surface area contributed by atoms with Crippen molar-refractivity contribution in [2.75, 3.05) is 0 Å². The second-order valence-electron chi connectivity index (χ2n) is 3.39. The number of ether oxygens (including phenoxy) is 1. The Bertz CT molecular complexity index is 526. The van der Waals surface area contributed by atoms with Crippen LogP contribution in [0.5, 0.6) is 11.6 Å². The molecule has 2 heterocycles. The van der Waals surface area contributed by atoms with Gasteiger partial charge in [-0.1, -0.05) is 6.92 Å². The Kier molecular flexibility index (Phi) is 3.31. The van der Waals surface area contributed by atoms with E-state index in [1.807, 2.05) is 6.07 Å². The molecule has 2 aromatic heterocycles. The number of aryl methyl sites for hydroxylation is 1. The van der Waals surface area contributed by atoms with Crippen molar-refractivity contribution in [3.05, 3.63) is 30.5 Å². The fourth-order valence-electron chi connectivity index (χ4n) is 1.30. The average molecular weight is 229 g/mol. The van der Waals surface area contributed by atoms with E-state index in [0.717, 1.165) is 13.0 Å². The van der Waals surface area contributed by atoms with Gasteiger partial charge >= 0.3 is 0 Å². The molecule has 0 aromatic carbocycles. The highest BCUT2D eigenvalue weighted by Crippen LogP contribution is 2.17. The molecule has 0 aliphatic carbocycles. The molecule has 86 valence electrons. The fraction of sp³-hybridized carbons (Fsp3) is 0.273. The summed E-state index contributed by atoms with van der Waals surface area (Å²) in [5.41, 5.74) is 0.263. The molecule has 0 amide bonds. The second-order valence-corrected chi connectivity index (χ2v) is 3.39. The molecule has 0 bridgehead atoms. The van der Waals surface area contributed by atoms with Gasteiger partial charge in [0.05, 0.1) is 24.8 Å². The van der Waals surface area contributed by atoms with E-state index in [1.165, 1.54) is 12.4 Å². The topological polar surface area (TPSA) is 76.6 Å². The first kappa shape index (κ1) is 11.1. The maximum absolute atomic E-state index is 8.57. The van der Waals surface area contributed by atoms with Crippen molar-refractivity contribution in [2.24, 2.45) is 0 Å². The number of aromatic nitrogens is 4. The van der Waals surface area contributed by atoms with Crippen molar-refractivity contribution in [3.63, 3.8) is 0 Å². The number of nitriles is 1. The van der Waals surface area contributed by atoms with Gasteiger partial charge in [-0.2, -0.15) is 10.4 Å². The molecule has 2 aromatic rings. The smallest absolute Gasteiger partial charge is 0.238 e.